The van der Waals surface area contributed by atoms with E-state index in [1.54, 1.807) is 24.3 Å². The van der Waals surface area contributed by atoms with E-state index in [9.17, 15) is 10.2 Å². The minimum Gasteiger partial charge on any atom is -0.394 e. The van der Waals surface area contributed by atoms with Crippen LogP contribution in [0.3, 0.4) is 0 Å². The van der Waals surface area contributed by atoms with Crippen LogP contribution in [-0.4, -0.2) is 42.1 Å². The SMILES string of the molecule is N#Cc1ccc(C(O)CNC2(CO)CCOCC2)cc1. The first-order valence-corrected chi connectivity index (χ1v) is 6.81. The summed E-state index contributed by atoms with van der Waals surface area (Å²) < 4.78 is 5.30. The standard InChI is InChI=1S/C15H20N2O3/c16-9-12-1-3-13(4-2-12)14(19)10-17-15(11-18)5-7-20-8-6-15/h1-4,14,17-19H,5-8,10-11H2. The largest absolute Gasteiger partial charge is 0.394 e. The minimum absolute atomic E-state index is 0.0381. The number of β-amino-alcohol motifs (C(OH)–C–C–N with tert-alkyl or cyclic N) is 1. The Morgan fingerprint density at radius 2 is 1.95 bits per heavy atom. The van der Waals surface area contributed by atoms with Gasteiger partial charge in [-0.2, -0.15) is 5.26 Å². The topological polar surface area (TPSA) is 85.5 Å². The average Bonchev–Trinajstić information content (AvgIpc) is 2.53. The average molecular weight is 276 g/mol. The van der Waals surface area contributed by atoms with Gasteiger partial charge >= 0.3 is 0 Å². The Labute approximate surface area is 118 Å². The maximum atomic E-state index is 10.2. The number of aliphatic hydroxyl groups is 2. The van der Waals surface area contributed by atoms with Gasteiger partial charge in [-0.3, -0.25) is 0 Å². The number of hydrogen-bond donors (Lipinski definition) is 3. The van der Waals surface area contributed by atoms with Crippen molar-refractivity contribution in [2.45, 2.75) is 24.5 Å². The zero-order chi connectivity index (χ0) is 14.4. The van der Waals surface area contributed by atoms with Gasteiger partial charge in [0.2, 0.25) is 0 Å². The summed E-state index contributed by atoms with van der Waals surface area (Å²) >= 11 is 0. The van der Waals surface area contributed by atoms with E-state index in [0.29, 0.717) is 25.3 Å². The summed E-state index contributed by atoms with van der Waals surface area (Å²) in [6.45, 7) is 1.66. The lowest BCUT2D eigenvalue weighted by molar-refractivity contribution is 0.00612. The van der Waals surface area contributed by atoms with Crippen LogP contribution in [0.1, 0.15) is 30.1 Å². The number of nitrogens with one attached hydrogen (secondary N) is 1. The van der Waals surface area contributed by atoms with Crippen LogP contribution in [0.15, 0.2) is 24.3 Å². The molecular formula is C15H20N2O3. The van der Waals surface area contributed by atoms with Gasteiger partial charge in [-0.25, -0.2) is 0 Å². The molecule has 0 spiro atoms. The Bertz CT molecular complexity index is 461. The van der Waals surface area contributed by atoms with Crippen molar-refractivity contribution in [3.05, 3.63) is 35.4 Å². The number of hydrogen-bond acceptors (Lipinski definition) is 5. The van der Waals surface area contributed by atoms with Crippen LogP contribution in [-0.2, 0) is 4.74 Å². The van der Waals surface area contributed by atoms with Gasteiger partial charge in [-0.15, -0.1) is 0 Å². The molecule has 5 nitrogen and oxygen atoms in total. The molecule has 1 aliphatic rings. The number of nitrogens with zero attached hydrogens (tertiary/aromatic N) is 1. The maximum Gasteiger partial charge on any atom is 0.0991 e. The van der Waals surface area contributed by atoms with Gasteiger partial charge in [-0.05, 0) is 30.5 Å². The third kappa shape index (κ3) is 3.56. The number of aliphatic hydroxyl groups excluding tert-OH is 2. The number of rotatable bonds is 5. The van der Waals surface area contributed by atoms with Gasteiger partial charge in [0.1, 0.15) is 0 Å². The highest BCUT2D eigenvalue weighted by molar-refractivity contribution is 5.32. The third-order valence-corrected chi connectivity index (χ3v) is 3.85. The zero-order valence-corrected chi connectivity index (χ0v) is 11.4. The predicted molar refractivity (Wildman–Crippen MR) is 74.0 cm³/mol. The van der Waals surface area contributed by atoms with Crippen molar-refractivity contribution < 1.29 is 14.9 Å². The van der Waals surface area contributed by atoms with Crippen LogP contribution in [0, 0.1) is 11.3 Å². The maximum absolute atomic E-state index is 10.2. The van der Waals surface area contributed by atoms with Crippen molar-refractivity contribution >= 4 is 0 Å². The molecule has 1 heterocycles. The number of benzene rings is 1. The lowest BCUT2D eigenvalue weighted by atomic mass is 9.90. The molecule has 1 aliphatic heterocycles. The molecular weight excluding hydrogens is 256 g/mol. The number of nitriles is 1. The van der Waals surface area contributed by atoms with Crippen LogP contribution in [0.2, 0.25) is 0 Å². The molecule has 3 N–H and O–H groups in total. The normalized spacial score (nSPS) is 19.2. The van der Waals surface area contributed by atoms with Crippen LogP contribution < -0.4 is 5.32 Å². The third-order valence-electron chi connectivity index (χ3n) is 3.85. The van der Waals surface area contributed by atoms with Gasteiger partial charge in [0.15, 0.2) is 0 Å². The fourth-order valence-electron chi connectivity index (χ4n) is 2.36. The second-order valence-electron chi connectivity index (χ2n) is 5.18. The van der Waals surface area contributed by atoms with Crippen LogP contribution >= 0.6 is 0 Å². The molecule has 1 fully saturated rings. The predicted octanol–water partition coefficient (Wildman–Crippen LogP) is 0.723. The van der Waals surface area contributed by atoms with E-state index in [1.165, 1.54) is 0 Å². The van der Waals surface area contributed by atoms with Crippen molar-refractivity contribution in [2.24, 2.45) is 0 Å². The Kier molecular flexibility index (Phi) is 5.10. The summed E-state index contributed by atoms with van der Waals surface area (Å²) in [7, 11) is 0. The van der Waals surface area contributed by atoms with E-state index in [-0.39, 0.29) is 12.1 Å². The van der Waals surface area contributed by atoms with Crippen molar-refractivity contribution in [3.8, 4) is 6.07 Å². The molecule has 1 aromatic rings. The molecule has 108 valence electrons. The van der Waals surface area contributed by atoms with Crippen LogP contribution in [0.25, 0.3) is 0 Å². The summed E-state index contributed by atoms with van der Waals surface area (Å²) in [5, 5.41) is 31.7. The fraction of sp³-hybridized carbons (Fsp3) is 0.533. The minimum atomic E-state index is -0.658. The lowest BCUT2D eigenvalue weighted by Crippen LogP contribution is -2.53. The van der Waals surface area contributed by atoms with Crippen LogP contribution in [0.5, 0.6) is 0 Å². The summed E-state index contributed by atoms with van der Waals surface area (Å²) in [5.41, 5.74) is 0.980. The molecule has 2 rings (SSSR count). The van der Waals surface area contributed by atoms with Crippen LogP contribution in [0.4, 0.5) is 0 Å². The first-order chi connectivity index (χ1) is 9.69. The van der Waals surface area contributed by atoms with Crippen molar-refractivity contribution in [1.29, 1.82) is 5.26 Å². The van der Waals surface area contributed by atoms with Gasteiger partial charge in [-0.1, -0.05) is 12.1 Å². The van der Waals surface area contributed by atoms with E-state index < -0.39 is 6.10 Å². The van der Waals surface area contributed by atoms with Gasteiger partial charge in [0, 0.05) is 25.3 Å². The molecule has 0 aliphatic carbocycles. The quantitative estimate of drug-likeness (QED) is 0.738. The summed E-state index contributed by atoms with van der Waals surface area (Å²) in [6.07, 6.45) is 0.821. The van der Waals surface area contributed by atoms with Crippen molar-refractivity contribution in [3.63, 3.8) is 0 Å². The second-order valence-corrected chi connectivity index (χ2v) is 5.18. The zero-order valence-electron chi connectivity index (χ0n) is 11.4. The first-order valence-electron chi connectivity index (χ1n) is 6.81. The smallest absolute Gasteiger partial charge is 0.0991 e. The molecule has 0 radical (unpaired) electrons. The number of ether oxygens (including phenoxy) is 1. The highest BCUT2D eigenvalue weighted by Gasteiger charge is 2.31. The van der Waals surface area contributed by atoms with Gasteiger partial charge < -0.3 is 20.3 Å². The summed E-state index contributed by atoms with van der Waals surface area (Å²) in [6, 6.07) is 8.93. The Morgan fingerprint density at radius 1 is 1.30 bits per heavy atom. The molecule has 5 heteroatoms. The van der Waals surface area contributed by atoms with Crippen molar-refractivity contribution in [1.82, 2.24) is 5.32 Å². The Hall–Kier alpha value is -1.45. The Balaban J connectivity index is 1.93. The molecule has 0 saturated carbocycles. The summed E-state index contributed by atoms with van der Waals surface area (Å²) in [5.74, 6) is 0. The molecule has 0 bridgehead atoms. The molecule has 20 heavy (non-hydrogen) atoms. The molecule has 1 aromatic carbocycles. The molecule has 1 saturated heterocycles. The highest BCUT2D eigenvalue weighted by Crippen LogP contribution is 2.21. The highest BCUT2D eigenvalue weighted by atomic mass is 16.5. The van der Waals surface area contributed by atoms with E-state index in [4.69, 9.17) is 10.00 Å². The first kappa shape index (κ1) is 14.9. The fourth-order valence-corrected chi connectivity index (χ4v) is 2.36. The lowest BCUT2D eigenvalue weighted by Gasteiger charge is -2.37. The van der Waals surface area contributed by atoms with Crippen molar-refractivity contribution in [2.75, 3.05) is 26.4 Å². The second kappa shape index (κ2) is 6.82. The Morgan fingerprint density at radius 3 is 2.50 bits per heavy atom. The molecule has 1 atom stereocenters. The monoisotopic (exact) mass is 276 g/mol. The van der Waals surface area contributed by atoms with E-state index in [1.807, 2.05) is 6.07 Å². The van der Waals surface area contributed by atoms with E-state index >= 15 is 0 Å². The molecule has 1 unspecified atom stereocenters. The van der Waals surface area contributed by atoms with Gasteiger partial charge in [0.05, 0.1) is 24.3 Å². The van der Waals surface area contributed by atoms with Gasteiger partial charge in [0.25, 0.3) is 0 Å². The molecule has 0 amide bonds. The molecule has 0 aromatic heterocycles. The van der Waals surface area contributed by atoms with E-state index in [2.05, 4.69) is 5.32 Å². The summed E-state index contributed by atoms with van der Waals surface area (Å²) in [4.78, 5) is 0. The van der Waals surface area contributed by atoms with E-state index in [0.717, 1.165) is 18.4 Å².